The Morgan fingerprint density at radius 3 is 2.60 bits per heavy atom. The van der Waals surface area contributed by atoms with Gasteiger partial charge in [-0.05, 0) is 50.3 Å². The number of carbonyl (C=O) groups is 2. The van der Waals surface area contributed by atoms with Crippen LogP contribution in [0.1, 0.15) is 36.0 Å². The van der Waals surface area contributed by atoms with E-state index in [0.29, 0.717) is 19.6 Å². The van der Waals surface area contributed by atoms with Gasteiger partial charge in [-0.3, -0.25) is 9.59 Å². The number of hydrogen-bond acceptors (Lipinski definition) is 3. The van der Waals surface area contributed by atoms with Gasteiger partial charge in [-0.1, -0.05) is 0 Å². The average molecular weight is 351 g/mol. The molecule has 0 radical (unpaired) electrons. The molecule has 2 heterocycles. The Morgan fingerprint density at radius 2 is 1.92 bits per heavy atom. The summed E-state index contributed by atoms with van der Waals surface area (Å²) in [6, 6.07) is 2.75. The number of benzene rings is 1. The normalized spacial score (nSPS) is 23.5. The molecule has 2 fully saturated rings. The van der Waals surface area contributed by atoms with Crippen LogP contribution in [0.2, 0.25) is 0 Å². The molecule has 7 heteroatoms. The van der Waals surface area contributed by atoms with E-state index >= 15 is 0 Å². The van der Waals surface area contributed by atoms with Crippen molar-refractivity contribution in [2.75, 3.05) is 26.2 Å². The molecular weight excluding hydrogens is 328 g/mol. The largest absolute Gasteiger partial charge is 0.354 e. The summed E-state index contributed by atoms with van der Waals surface area (Å²) in [5, 5.41) is 6.11. The number of halogens is 2. The molecule has 0 saturated carbocycles. The SMILES string of the molecule is O=C(NCC1CCCN(C(=O)c2cc(F)cc(F)c2)C1)C1CCCN1. The first-order valence-corrected chi connectivity index (χ1v) is 8.79. The first-order chi connectivity index (χ1) is 12.0. The molecule has 2 saturated heterocycles. The van der Waals surface area contributed by atoms with Crippen LogP contribution < -0.4 is 10.6 Å². The minimum Gasteiger partial charge on any atom is -0.354 e. The highest BCUT2D eigenvalue weighted by molar-refractivity contribution is 5.94. The molecule has 1 aromatic carbocycles. The number of nitrogens with one attached hydrogen (secondary N) is 2. The van der Waals surface area contributed by atoms with Crippen LogP contribution in [0.5, 0.6) is 0 Å². The van der Waals surface area contributed by atoms with E-state index in [0.717, 1.165) is 50.4 Å². The summed E-state index contributed by atoms with van der Waals surface area (Å²) < 4.78 is 26.7. The van der Waals surface area contributed by atoms with Crippen LogP contribution in [0.15, 0.2) is 18.2 Å². The number of nitrogens with zero attached hydrogens (tertiary/aromatic N) is 1. The smallest absolute Gasteiger partial charge is 0.254 e. The Morgan fingerprint density at radius 1 is 1.16 bits per heavy atom. The summed E-state index contributed by atoms with van der Waals surface area (Å²) in [4.78, 5) is 26.2. The van der Waals surface area contributed by atoms with Crippen molar-refractivity contribution >= 4 is 11.8 Å². The van der Waals surface area contributed by atoms with Gasteiger partial charge in [-0.15, -0.1) is 0 Å². The van der Waals surface area contributed by atoms with Crippen molar-refractivity contribution in [1.82, 2.24) is 15.5 Å². The summed E-state index contributed by atoms with van der Waals surface area (Å²) in [6.07, 6.45) is 3.59. The molecule has 0 spiro atoms. The van der Waals surface area contributed by atoms with Crippen LogP contribution in [0.3, 0.4) is 0 Å². The Labute approximate surface area is 145 Å². The lowest BCUT2D eigenvalue weighted by molar-refractivity contribution is -0.123. The second-order valence-electron chi connectivity index (χ2n) is 6.81. The van der Waals surface area contributed by atoms with Gasteiger partial charge in [-0.25, -0.2) is 8.78 Å². The summed E-state index contributed by atoms with van der Waals surface area (Å²) in [5.41, 5.74) is 0.0253. The van der Waals surface area contributed by atoms with E-state index in [1.165, 1.54) is 0 Å². The van der Waals surface area contributed by atoms with E-state index < -0.39 is 11.6 Å². The van der Waals surface area contributed by atoms with Crippen molar-refractivity contribution in [1.29, 1.82) is 0 Å². The third-order valence-corrected chi connectivity index (χ3v) is 4.86. The molecule has 2 N–H and O–H groups in total. The van der Waals surface area contributed by atoms with Gasteiger partial charge in [0.15, 0.2) is 0 Å². The maximum atomic E-state index is 13.3. The Balaban J connectivity index is 1.55. The molecule has 2 unspecified atom stereocenters. The predicted octanol–water partition coefficient (Wildman–Crippen LogP) is 1.69. The molecule has 0 aliphatic carbocycles. The average Bonchev–Trinajstić information content (AvgIpc) is 3.13. The maximum Gasteiger partial charge on any atom is 0.254 e. The highest BCUT2D eigenvalue weighted by atomic mass is 19.1. The minimum absolute atomic E-state index is 0.00755. The number of amides is 2. The molecule has 2 atom stereocenters. The van der Waals surface area contributed by atoms with Crippen molar-refractivity contribution < 1.29 is 18.4 Å². The molecule has 0 bridgehead atoms. The van der Waals surface area contributed by atoms with Crippen LogP contribution in [0.25, 0.3) is 0 Å². The number of carbonyl (C=O) groups excluding carboxylic acids is 2. The Hall–Kier alpha value is -2.02. The fraction of sp³-hybridized carbons (Fsp3) is 0.556. The van der Waals surface area contributed by atoms with E-state index in [-0.39, 0.29) is 29.3 Å². The van der Waals surface area contributed by atoms with Crippen LogP contribution in [-0.2, 0) is 4.79 Å². The third kappa shape index (κ3) is 4.54. The number of rotatable bonds is 4. The zero-order chi connectivity index (χ0) is 17.8. The molecule has 1 aromatic rings. The van der Waals surface area contributed by atoms with E-state index in [9.17, 15) is 18.4 Å². The molecule has 25 heavy (non-hydrogen) atoms. The highest BCUT2D eigenvalue weighted by Gasteiger charge is 2.27. The predicted molar refractivity (Wildman–Crippen MR) is 89.0 cm³/mol. The van der Waals surface area contributed by atoms with Crippen molar-refractivity contribution in [3.8, 4) is 0 Å². The van der Waals surface area contributed by atoms with Gasteiger partial charge in [0.2, 0.25) is 5.91 Å². The maximum absolute atomic E-state index is 13.3. The van der Waals surface area contributed by atoms with Gasteiger partial charge in [0.1, 0.15) is 11.6 Å². The number of hydrogen-bond donors (Lipinski definition) is 2. The van der Waals surface area contributed by atoms with Gasteiger partial charge in [0.25, 0.3) is 5.91 Å². The summed E-state index contributed by atoms with van der Waals surface area (Å²) in [7, 11) is 0. The topological polar surface area (TPSA) is 61.4 Å². The van der Waals surface area contributed by atoms with Gasteiger partial charge in [-0.2, -0.15) is 0 Å². The number of likely N-dealkylation sites (tertiary alicyclic amines) is 1. The molecule has 0 aromatic heterocycles. The Kier molecular flexibility index (Phi) is 5.63. The lowest BCUT2D eigenvalue weighted by Gasteiger charge is -2.33. The Bertz CT molecular complexity index is 627. The lowest BCUT2D eigenvalue weighted by atomic mass is 9.97. The van der Waals surface area contributed by atoms with Crippen LogP contribution in [0, 0.1) is 17.6 Å². The van der Waals surface area contributed by atoms with Gasteiger partial charge >= 0.3 is 0 Å². The quantitative estimate of drug-likeness (QED) is 0.868. The highest BCUT2D eigenvalue weighted by Crippen LogP contribution is 2.19. The van der Waals surface area contributed by atoms with Crippen molar-refractivity contribution in [3.63, 3.8) is 0 Å². The summed E-state index contributed by atoms with van der Waals surface area (Å²) in [6.45, 7) is 2.42. The molecule has 3 rings (SSSR count). The van der Waals surface area contributed by atoms with Crippen molar-refractivity contribution in [2.45, 2.75) is 31.7 Å². The fourth-order valence-corrected chi connectivity index (χ4v) is 3.55. The van der Waals surface area contributed by atoms with Crippen molar-refractivity contribution in [3.05, 3.63) is 35.4 Å². The molecule has 2 aliphatic heterocycles. The van der Waals surface area contributed by atoms with E-state index in [1.54, 1.807) is 4.90 Å². The second-order valence-corrected chi connectivity index (χ2v) is 6.81. The van der Waals surface area contributed by atoms with Gasteiger partial charge in [0, 0.05) is 31.3 Å². The zero-order valence-electron chi connectivity index (χ0n) is 14.1. The molecule has 5 nitrogen and oxygen atoms in total. The summed E-state index contributed by atoms with van der Waals surface area (Å²) >= 11 is 0. The number of piperidine rings is 1. The third-order valence-electron chi connectivity index (χ3n) is 4.86. The first kappa shape index (κ1) is 17.8. The van der Waals surface area contributed by atoms with Crippen LogP contribution >= 0.6 is 0 Å². The van der Waals surface area contributed by atoms with E-state index in [4.69, 9.17) is 0 Å². The molecule has 136 valence electrons. The van der Waals surface area contributed by atoms with Crippen molar-refractivity contribution in [2.24, 2.45) is 5.92 Å². The second kappa shape index (κ2) is 7.91. The minimum atomic E-state index is -0.756. The molecule has 2 aliphatic rings. The monoisotopic (exact) mass is 351 g/mol. The molecular formula is C18H23F2N3O2. The first-order valence-electron chi connectivity index (χ1n) is 8.79. The standard InChI is InChI=1S/C18H23F2N3O2/c19-14-7-13(8-15(20)9-14)18(25)23-6-2-3-12(11-23)10-22-17(24)16-4-1-5-21-16/h7-9,12,16,21H,1-6,10-11H2,(H,22,24). The van der Waals surface area contributed by atoms with Gasteiger partial charge in [0.05, 0.1) is 6.04 Å². The summed E-state index contributed by atoms with van der Waals surface area (Å²) in [5.74, 6) is -1.72. The zero-order valence-corrected chi connectivity index (χ0v) is 14.1. The van der Waals surface area contributed by atoms with Crippen LogP contribution in [-0.4, -0.2) is 48.9 Å². The lowest BCUT2D eigenvalue weighted by Crippen LogP contribution is -2.46. The van der Waals surface area contributed by atoms with Gasteiger partial charge < -0.3 is 15.5 Å². The van der Waals surface area contributed by atoms with E-state index in [2.05, 4.69) is 10.6 Å². The van der Waals surface area contributed by atoms with E-state index in [1.807, 2.05) is 0 Å². The van der Waals surface area contributed by atoms with Crippen LogP contribution in [0.4, 0.5) is 8.78 Å². The molecule has 2 amide bonds. The fourth-order valence-electron chi connectivity index (χ4n) is 3.55.